The van der Waals surface area contributed by atoms with Crippen LogP contribution in [0.15, 0.2) is 29.2 Å². The molecule has 0 saturated heterocycles. The van der Waals surface area contributed by atoms with Crippen molar-refractivity contribution in [1.82, 2.24) is 4.72 Å². The number of thiol groups is 1. The number of benzene rings is 2. The van der Waals surface area contributed by atoms with Gasteiger partial charge in [0.1, 0.15) is 5.82 Å². The normalized spacial score (nSPS) is 16.2. The maximum Gasteiger partial charge on any atom is 0.330 e. The van der Waals surface area contributed by atoms with E-state index in [1.165, 1.54) is 6.07 Å². The van der Waals surface area contributed by atoms with Crippen LogP contribution in [0.25, 0.3) is 0 Å². The van der Waals surface area contributed by atoms with Crippen LogP contribution in [-0.2, 0) is 41.6 Å². The molecule has 0 heterocycles. The summed E-state index contributed by atoms with van der Waals surface area (Å²) in [6.45, 7) is 3.23. The molecule has 0 atom stereocenters. The fraction of sp³-hybridized carbons (Fsp3) is 0.409. The molecule has 6 nitrogen and oxygen atoms in total. The second kappa shape index (κ2) is 7.44. The number of aliphatic hydroxyl groups is 1. The van der Waals surface area contributed by atoms with E-state index in [0.29, 0.717) is 48.1 Å². The van der Waals surface area contributed by atoms with Crippen LogP contribution >= 0.6 is 0 Å². The van der Waals surface area contributed by atoms with Crippen LogP contribution in [0.5, 0.6) is 0 Å². The van der Waals surface area contributed by atoms with Crippen molar-refractivity contribution in [2.24, 2.45) is 5.14 Å². The highest BCUT2D eigenvalue weighted by Crippen LogP contribution is 2.41. The maximum absolute atomic E-state index is 14.8. The number of hydrogen-bond donors (Lipinski definition) is 5. The molecule has 2 aromatic rings. The smallest absolute Gasteiger partial charge is 0.330 e. The summed E-state index contributed by atoms with van der Waals surface area (Å²) < 4.78 is 30.3. The molecule has 5 N–H and O–H groups in total. The fourth-order valence-electron chi connectivity index (χ4n) is 4.49. The monoisotopic (exact) mass is 433 g/mol. The first-order valence-corrected chi connectivity index (χ1v) is 12.0. The number of carbonyl (C=O) groups is 1. The second-order valence-corrected chi connectivity index (χ2v) is 10.7. The Labute approximate surface area is 176 Å². The molecule has 2 aromatic carbocycles. The zero-order valence-electron chi connectivity index (χ0n) is 17.2. The van der Waals surface area contributed by atoms with Crippen LogP contribution in [-0.4, -0.2) is 15.3 Å². The van der Waals surface area contributed by atoms with Gasteiger partial charge < -0.3 is 10.4 Å². The molecule has 162 valence electrons. The van der Waals surface area contributed by atoms with Crippen molar-refractivity contribution in [2.45, 2.75) is 62.9 Å². The molecule has 2 aliphatic rings. The molecule has 0 bridgehead atoms. The summed E-state index contributed by atoms with van der Waals surface area (Å²) in [7, 11) is -3.73. The lowest BCUT2D eigenvalue weighted by Gasteiger charge is -2.25. The van der Waals surface area contributed by atoms with Gasteiger partial charge in [0.05, 0.1) is 5.60 Å². The summed E-state index contributed by atoms with van der Waals surface area (Å²) in [5.41, 5.74) is 3.15. The van der Waals surface area contributed by atoms with Crippen molar-refractivity contribution in [2.75, 3.05) is 5.32 Å². The third-order valence-corrected chi connectivity index (χ3v) is 7.59. The Morgan fingerprint density at radius 2 is 1.67 bits per heavy atom. The number of nitrogens with two attached hydrogens (primary N) is 1. The van der Waals surface area contributed by atoms with E-state index in [4.69, 9.17) is 5.14 Å². The quantitative estimate of drug-likeness (QED) is 0.479. The Morgan fingerprint density at radius 3 is 2.23 bits per heavy atom. The standard InChI is InChI=1S/C22H28FN3O3S/c1-22(2,28)13-6-3-7-14(12-13)30(24,29)26-21(27)25-20-17-10-4-8-15(17)19(23)16-9-5-11-18(16)20/h3,6-7,12,28,30H,4-5,8-11H2,1-2H3,(H4,24,25,26,27,29). The van der Waals surface area contributed by atoms with Gasteiger partial charge in [-0.25, -0.2) is 13.4 Å². The molecule has 0 unspecified atom stereocenters. The highest BCUT2D eigenvalue weighted by Gasteiger charge is 2.30. The minimum atomic E-state index is -3.73. The van der Waals surface area contributed by atoms with Crippen LogP contribution in [0.3, 0.4) is 0 Å². The van der Waals surface area contributed by atoms with Gasteiger partial charge in [0.25, 0.3) is 0 Å². The van der Waals surface area contributed by atoms with Crippen LogP contribution in [0.4, 0.5) is 14.9 Å². The first-order chi connectivity index (χ1) is 14.1. The van der Waals surface area contributed by atoms with Gasteiger partial charge in [0.15, 0.2) is 0 Å². The van der Waals surface area contributed by atoms with E-state index in [0.717, 1.165) is 24.0 Å². The van der Waals surface area contributed by atoms with E-state index in [1.54, 1.807) is 32.0 Å². The van der Waals surface area contributed by atoms with Gasteiger partial charge in [-0.05, 0) is 92.3 Å². The minimum absolute atomic E-state index is 0.117. The molecular weight excluding hydrogens is 405 g/mol. The fourth-order valence-corrected chi connectivity index (χ4v) is 5.61. The second-order valence-electron chi connectivity index (χ2n) is 8.64. The summed E-state index contributed by atoms with van der Waals surface area (Å²) in [6.07, 6.45) is 4.47. The van der Waals surface area contributed by atoms with Crippen molar-refractivity contribution >= 4 is 22.0 Å². The van der Waals surface area contributed by atoms with Gasteiger partial charge in [-0.15, -0.1) is 0 Å². The lowest BCUT2D eigenvalue weighted by molar-refractivity contribution is 0.0784. The molecule has 8 heteroatoms. The summed E-state index contributed by atoms with van der Waals surface area (Å²) in [5.74, 6) is -0.117. The number of rotatable bonds is 4. The highest BCUT2D eigenvalue weighted by molar-refractivity contribution is 7.99. The van der Waals surface area contributed by atoms with Crippen LogP contribution < -0.4 is 15.2 Å². The maximum atomic E-state index is 14.8. The topological polar surface area (TPSA) is 104 Å². The Kier molecular flexibility index (Phi) is 5.20. The van der Waals surface area contributed by atoms with E-state index < -0.39 is 21.9 Å². The van der Waals surface area contributed by atoms with Crippen LogP contribution in [0.1, 0.15) is 54.5 Å². The van der Waals surface area contributed by atoms with Crippen molar-refractivity contribution in [3.05, 3.63) is 57.9 Å². The largest absolute Gasteiger partial charge is 0.386 e. The molecule has 0 saturated carbocycles. The van der Waals surface area contributed by atoms with Gasteiger partial charge in [-0.2, -0.15) is 0 Å². The minimum Gasteiger partial charge on any atom is -0.386 e. The molecule has 0 spiro atoms. The predicted molar refractivity (Wildman–Crippen MR) is 116 cm³/mol. The van der Waals surface area contributed by atoms with Crippen molar-refractivity contribution < 1.29 is 18.5 Å². The van der Waals surface area contributed by atoms with Gasteiger partial charge in [-0.1, -0.05) is 12.1 Å². The van der Waals surface area contributed by atoms with Gasteiger partial charge in [0.2, 0.25) is 0 Å². The summed E-state index contributed by atoms with van der Waals surface area (Å²) >= 11 is 0. The molecule has 0 aromatic heterocycles. The molecule has 2 amide bonds. The number of nitrogens with one attached hydrogen (secondary N) is 2. The Bertz CT molecular complexity index is 1040. The van der Waals surface area contributed by atoms with E-state index in [-0.39, 0.29) is 10.7 Å². The van der Waals surface area contributed by atoms with E-state index in [1.807, 2.05) is 0 Å². The highest BCUT2D eigenvalue weighted by atomic mass is 32.3. The number of anilines is 1. The number of carbonyl (C=O) groups excluding carboxylic acids is 1. The number of hydrogen-bond acceptors (Lipinski definition) is 3. The lowest BCUT2D eigenvalue weighted by Crippen LogP contribution is -2.45. The number of fused-ring (bicyclic) bond motifs is 2. The molecule has 0 aliphatic heterocycles. The SMILES string of the molecule is CC(C)(O)c1cccc([SH](N)(=O)NC(=O)Nc2c3c(c(F)c4c2CCC4)CCC3)c1. The van der Waals surface area contributed by atoms with E-state index in [9.17, 15) is 18.5 Å². The number of halogens is 1. The van der Waals surface area contributed by atoms with Crippen molar-refractivity contribution in [1.29, 1.82) is 0 Å². The van der Waals surface area contributed by atoms with Gasteiger partial charge in [0, 0.05) is 20.9 Å². The zero-order chi connectivity index (χ0) is 21.7. The van der Waals surface area contributed by atoms with Crippen molar-refractivity contribution in [3.8, 4) is 0 Å². The van der Waals surface area contributed by atoms with Gasteiger partial charge in [-0.3, -0.25) is 9.86 Å². The molecule has 2 aliphatic carbocycles. The Morgan fingerprint density at radius 1 is 1.10 bits per heavy atom. The van der Waals surface area contributed by atoms with Crippen LogP contribution in [0.2, 0.25) is 0 Å². The Balaban J connectivity index is 1.60. The third kappa shape index (κ3) is 3.75. The van der Waals surface area contributed by atoms with Crippen LogP contribution in [0, 0.1) is 5.82 Å². The number of urea groups is 1. The van der Waals surface area contributed by atoms with E-state index >= 15 is 0 Å². The number of amides is 2. The first-order valence-electron chi connectivity index (χ1n) is 10.2. The summed E-state index contributed by atoms with van der Waals surface area (Å²) in [5, 5.41) is 19.0. The third-order valence-electron chi connectivity index (χ3n) is 6.01. The van der Waals surface area contributed by atoms with E-state index in [2.05, 4.69) is 10.0 Å². The lowest BCUT2D eigenvalue weighted by atomic mass is 9.98. The Hall–Kier alpha value is -2.29. The molecule has 4 rings (SSSR count). The molecule has 30 heavy (non-hydrogen) atoms. The summed E-state index contributed by atoms with van der Waals surface area (Å²) in [6, 6.07) is 5.76. The molecule has 0 radical (unpaired) electrons. The molecular formula is C22H28FN3O3S. The molecule has 0 fully saturated rings. The zero-order valence-corrected chi connectivity index (χ0v) is 18.1. The average Bonchev–Trinajstić information content (AvgIpc) is 3.34. The summed E-state index contributed by atoms with van der Waals surface area (Å²) in [4.78, 5) is 13.0. The average molecular weight is 434 g/mol. The van der Waals surface area contributed by atoms with Gasteiger partial charge >= 0.3 is 6.03 Å². The van der Waals surface area contributed by atoms with Crippen molar-refractivity contribution in [3.63, 3.8) is 0 Å². The first kappa shape index (κ1) is 21.0. The predicted octanol–water partition coefficient (Wildman–Crippen LogP) is 3.02.